The second-order valence-electron chi connectivity index (χ2n) is 4.54. The van der Waals surface area contributed by atoms with E-state index >= 15 is 0 Å². The summed E-state index contributed by atoms with van der Waals surface area (Å²) in [6, 6.07) is 1.09. The molecular formula is C11H12F3N3O3. The van der Waals surface area contributed by atoms with Crippen molar-refractivity contribution in [1.29, 1.82) is 0 Å². The number of alkyl halides is 3. The van der Waals surface area contributed by atoms with Crippen molar-refractivity contribution in [2.45, 2.75) is 25.6 Å². The number of ketones is 1. The molecule has 0 saturated heterocycles. The largest absolute Gasteiger partial charge is 0.410 e. The maximum atomic E-state index is 12.6. The minimum Gasteiger partial charge on any atom is -0.364 e. The van der Waals surface area contributed by atoms with Gasteiger partial charge >= 0.3 is 6.18 Å². The second-order valence-corrected chi connectivity index (χ2v) is 4.54. The highest BCUT2D eigenvalue weighted by atomic mass is 19.4. The lowest BCUT2D eigenvalue weighted by atomic mass is 10.0. The zero-order valence-corrected chi connectivity index (χ0v) is 10.6. The number of nitrogens with one attached hydrogen (secondary N) is 2. The van der Waals surface area contributed by atoms with Crippen molar-refractivity contribution in [2.75, 3.05) is 0 Å². The van der Waals surface area contributed by atoms with Crippen molar-refractivity contribution >= 4 is 17.6 Å². The van der Waals surface area contributed by atoms with E-state index in [2.05, 4.69) is 4.98 Å². The molecule has 0 fully saturated rings. The Hall–Kier alpha value is -2.32. The van der Waals surface area contributed by atoms with E-state index in [9.17, 15) is 27.6 Å². The molecule has 110 valence electrons. The average Bonchev–Trinajstić information content (AvgIpc) is 2.74. The first kappa shape index (κ1) is 15.7. The number of carbonyl (C=O) groups excluding carboxylic acids is 3. The smallest absolute Gasteiger partial charge is 0.364 e. The van der Waals surface area contributed by atoms with E-state index in [0.717, 1.165) is 6.07 Å². The van der Waals surface area contributed by atoms with Gasteiger partial charge in [-0.2, -0.15) is 13.2 Å². The van der Waals surface area contributed by atoms with Gasteiger partial charge in [0.1, 0.15) is 11.2 Å². The molecule has 0 spiro atoms. The van der Waals surface area contributed by atoms with E-state index < -0.39 is 29.3 Å². The quantitative estimate of drug-likeness (QED) is 0.563. The summed E-state index contributed by atoms with van der Waals surface area (Å²) in [5, 5.41) is 1.57. The first-order chi connectivity index (χ1) is 8.97. The summed E-state index contributed by atoms with van der Waals surface area (Å²) < 4.78 is 37.8. The van der Waals surface area contributed by atoms with Crippen molar-refractivity contribution in [2.24, 2.45) is 5.73 Å². The van der Waals surface area contributed by atoms with Crippen LogP contribution in [0.5, 0.6) is 0 Å². The summed E-state index contributed by atoms with van der Waals surface area (Å²) in [7, 11) is 0. The Morgan fingerprint density at radius 1 is 1.25 bits per heavy atom. The number of primary amides is 1. The van der Waals surface area contributed by atoms with Crippen LogP contribution in [0.25, 0.3) is 0 Å². The summed E-state index contributed by atoms with van der Waals surface area (Å²) in [4.78, 5) is 36.6. The molecule has 1 heterocycles. The van der Waals surface area contributed by atoms with Gasteiger partial charge in [-0.05, 0) is 19.9 Å². The minimum atomic E-state index is -4.73. The van der Waals surface area contributed by atoms with Gasteiger partial charge in [0.15, 0.2) is 0 Å². The van der Waals surface area contributed by atoms with Crippen LogP contribution in [0, 0.1) is 0 Å². The molecule has 4 N–H and O–H groups in total. The molecule has 9 heteroatoms. The molecule has 1 aromatic heterocycles. The molecule has 1 rings (SSSR count). The number of Topliss-reactive ketones (excluding diaryl/α,β-unsaturated/α-hetero) is 1. The lowest BCUT2D eigenvalue weighted by molar-refractivity contribution is -0.187. The maximum Gasteiger partial charge on any atom is 0.410 e. The highest BCUT2D eigenvalue weighted by Crippen LogP contribution is 2.29. The van der Waals surface area contributed by atoms with Crippen molar-refractivity contribution in [3.63, 3.8) is 0 Å². The predicted octanol–water partition coefficient (Wildman–Crippen LogP) is 0.753. The Bertz CT molecular complexity index is 561. The molecule has 20 heavy (non-hydrogen) atoms. The molecule has 0 saturated carbocycles. The van der Waals surface area contributed by atoms with Crippen LogP contribution in [0.4, 0.5) is 13.2 Å². The third kappa shape index (κ3) is 2.98. The number of nitrogens with two attached hydrogens (primary N) is 1. The molecule has 0 bridgehead atoms. The fourth-order valence-electron chi connectivity index (χ4n) is 1.30. The third-order valence-electron chi connectivity index (χ3n) is 2.58. The molecule has 1 aromatic rings. The van der Waals surface area contributed by atoms with E-state index in [1.165, 1.54) is 6.20 Å². The van der Waals surface area contributed by atoms with E-state index in [1.807, 2.05) is 0 Å². The van der Waals surface area contributed by atoms with Crippen molar-refractivity contribution < 1.29 is 27.6 Å². The third-order valence-corrected chi connectivity index (χ3v) is 2.58. The topological polar surface area (TPSA) is 105 Å². The molecular weight excluding hydrogens is 279 g/mol. The van der Waals surface area contributed by atoms with Crippen LogP contribution in [0.3, 0.4) is 0 Å². The molecule has 0 unspecified atom stereocenters. The molecule has 0 radical (unpaired) electrons. The summed E-state index contributed by atoms with van der Waals surface area (Å²) in [5.74, 6) is -3.76. The van der Waals surface area contributed by atoms with Gasteiger partial charge in [-0.15, -0.1) is 0 Å². The van der Waals surface area contributed by atoms with E-state index in [-0.39, 0.29) is 11.3 Å². The van der Waals surface area contributed by atoms with E-state index in [4.69, 9.17) is 5.73 Å². The van der Waals surface area contributed by atoms with Crippen LogP contribution in [0.15, 0.2) is 12.3 Å². The first-order valence-corrected chi connectivity index (χ1v) is 5.38. The lowest BCUT2D eigenvalue weighted by Crippen LogP contribution is -2.55. The normalized spacial score (nSPS) is 12.1. The zero-order valence-electron chi connectivity index (χ0n) is 10.6. The lowest BCUT2D eigenvalue weighted by Gasteiger charge is -2.28. The molecule has 2 amide bonds. The van der Waals surface area contributed by atoms with Gasteiger partial charge < -0.3 is 16.0 Å². The summed E-state index contributed by atoms with van der Waals surface area (Å²) in [6.45, 7) is 1.43. The number of amides is 2. The van der Waals surface area contributed by atoms with Crippen LogP contribution in [0.1, 0.15) is 34.7 Å². The predicted molar refractivity (Wildman–Crippen MR) is 61.9 cm³/mol. The van der Waals surface area contributed by atoms with Crippen LogP contribution in [-0.4, -0.2) is 34.3 Å². The molecule has 0 aromatic carbocycles. The number of aromatic nitrogens is 1. The van der Waals surface area contributed by atoms with Gasteiger partial charge in [-0.3, -0.25) is 14.4 Å². The van der Waals surface area contributed by atoms with Gasteiger partial charge in [0.2, 0.25) is 0 Å². The SMILES string of the molecule is CC(C)(NC(=O)C(=O)c1cc[nH]c1C(N)=O)C(F)(F)F. The Labute approximate surface area is 111 Å². The fourth-order valence-corrected chi connectivity index (χ4v) is 1.30. The average molecular weight is 291 g/mol. The number of halogens is 3. The van der Waals surface area contributed by atoms with Crippen molar-refractivity contribution in [3.8, 4) is 0 Å². The van der Waals surface area contributed by atoms with Crippen LogP contribution >= 0.6 is 0 Å². The summed E-state index contributed by atoms with van der Waals surface area (Å²) >= 11 is 0. The molecule has 6 nitrogen and oxygen atoms in total. The highest BCUT2D eigenvalue weighted by Gasteiger charge is 2.49. The van der Waals surface area contributed by atoms with E-state index in [1.54, 1.807) is 5.32 Å². The molecule has 0 aliphatic carbocycles. The number of aromatic amines is 1. The van der Waals surface area contributed by atoms with Gasteiger partial charge in [-0.1, -0.05) is 0 Å². The molecule has 0 atom stereocenters. The summed E-state index contributed by atoms with van der Waals surface area (Å²) in [6.07, 6.45) is -3.55. The van der Waals surface area contributed by atoms with Gasteiger partial charge in [0.25, 0.3) is 17.6 Å². The van der Waals surface area contributed by atoms with Crippen LogP contribution < -0.4 is 11.1 Å². The minimum absolute atomic E-state index is 0.338. The monoisotopic (exact) mass is 291 g/mol. The number of rotatable bonds is 4. The zero-order chi connectivity index (χ0) is 15.7. The number of hydrogen-bond donors (Lipinski definition) is 3. The van der Waals surface area contributed by atoms with Crippen LogP contribution in [0.2, 0.25) is 0 Å². The highest BCUT2D eigenvalue weighted by molar-refractivity contribution is 6.44. The number of carbonyl (C=O) groups is 3. The Kier molecular flexibility index (Phi) is 3.92. The Morgan fingerprint density at radius 2 is 1.80 bits per heavy atom. The van der Waals surface area contributed by atoms with Gasteiger partial charge in [0, 0.05) is 6.20 Å². The standard InChI is InChI=1S/C11H12F3N3O3/c1-10(2,11(12,13)14)17-9(20)7(18)5-3-4-16-6(5)8(15)19/h3-4,16H,1-2H3,(H2,15,19)(H,17,20). The van der Waals surface area contributed by atoms with Gasteiger partial charge in [0.05, 0.1) is 5.56 Å². The Morgan fingerprint density at radius 3 is 2.25 bits per heavy atom. The number of H-pyrrole nitrogens is 1. The first-order valence-electron chi connectivity index (χ1n) is 5.38. The number of hydrogen-bond acceptors (Lipinski definition) is 3. The van der Waals surface area contributed by atoms with Crippen molar-refractivity contribution in [3.05, 3.63) is 23.5 Å². The molecule has 0 aliphatic heterocycles. The summed E-state index contributed by atoms with van der Waals surface area (Å²) in [5.41, 5.74) is 1.66. The van der Waals surface area contributed by atoms with Crippen LogP contribution in [-0.2, 0) is 4.79 Å². The maximum absolute atomic E-state index is 12.6. The fraction of sp³-hybridized carbons (Fsp3) is 0.364. The second kappa shape index (κ2) is 4.99. The van der Waals surface area contributed by atoms with E-state index in [0.29, 0.717) is 13.8 Å². The molecule has 0 aliphatic rings. The Balaban J connectivity index is 2.97. The van der Waals surface area contributed by atoms with Crippen molar-refractivity contribution in [1.82, 2.24) is 10.3 Å². The van der Waals surface area contributed by atoms with Gasteiger partial charge in [-0.25, -0.2) is 0 Å².